The standard InChI is InChI=1S/C14H10N6O3/c1-7-4-5-15-13-18-11(19-20(7)13)12(21)16-8-2-3-10-9(6-8)17-14(22)23-10/h2-6H,1H3,(H,16,21)(H,17,22). The van der Waals surface area contributed by atoms with Crippen molar-refractivity contribution in [2.45, 2.75) is 6.92 Å². The summed E-state index contributed by atoms with van der Waals surface area (Å²) >= 11 is 0. The summed E-state index contributed by atoms with van der Waals surface area (Å²) in [5, 5.41) is 6.80. The van der Waals surface area contributed by atoms with Crippen LogP contribution in [0.5, 0.6) is 0 Å². The average Bonchev–Trinajstić information content (AvgIpc) is 3.10. The molecule has 0 aliphatic rings. The highest BCUT2D eigenvalue weighted by Crippen LogP contribution is 2.16. The number of hydrogen-bond acceptors (Lipinski definition) is 6. The largest absolute Gasteiger partial charge is 0.417 e. The molecule has 0 aliphatic heterocycles. The first kappa shape index (κ1) is 13.2. The molecular formula is C14H10N6O3. The first-order valence-corrected chi connectivity index (χ1v) is 6.73. The first-order valence-electron chi connectivity index (χ1n) is 6.73. The number of carbonyl (C=O) groups excluding carboxylic acids is 1. The number of hydrogen-bond donors (Lipinski definition) is 2. The maximum Gasteiger partial charge on any atom is 0.417 e. The average molecular weight is 310 g/mol. The van der Waals surface area contributed by atoms with Gasteiger partial charge in [-0.05, 0) is 31.2 Å². The van der Waals surface area contributed by atoms with Gasteiger partial charge in [-0.25, -0.2) is 14.3 Å². The predicted molar refractivity (Wildman–Crippen MR) is 80.3 cm³/mol. The van der Waals surface area contributed by atoms with Crippen LogP contribution in [0, 0.1) is 6.92 Å². The summed E-state index contributed by atoms with van der Waals surface area (Å²) in [6.45, 7) is 1.84. The van der Waals surface area contributed by atoms with E-state index >= 15 is 0 Å². The lowest BCUT2D eigenvalue weighted by atomic mass is 10.3. The molecule has 2 N–H and O–H groups in total. The Morgan fingerprint density at radius 3 is 3.04 bits per heavy atom. The summed E-state index contributed by atoms with van der Waals surface area (Å²) in [4.78, 5) is 34.1. The predicted octanol–water partition coefficient (Wildman–Crippen LogP) is 1.12. The second kappa shape index (κ2) is 4.77. The van der Waals surface area contributed by atoms with E-state index < -0.39 is 11.7 Å². The van der Waals surface area contributed by atoms with Crippen LogP contribution in [0.1, 0.15) is 16.3 Å². The molecule has 0 saturated carbocycles. The van der Waals surface area contributed by atoms with E-state index in [0.29, 0.717) is 22.6 Å². The molecule has 3 aromatic heterocycles. The van der Waals surface area contributed by atoms with E-state index in [2.05, 4.69) is 25.4 Å². The molecule has 0 spiro atoms. The number of nitrogens with zero attached hydrogens (tertiary/aromatic N) is 4. The second-order valence-corrected chi connectivity index (χ2v) is 4.91. The number of rotatable bonds is 2. The number of amides is 1. The summed E-state index contributed by atoms with van der Waals surface area (Å²) < 4.78 is 6.40. The van der Waals surface area contributed by atoms with Gasteiger partial charge in [-0.2, -0.15) is 4.98 Å². The fourth-order valence-corrected chi connectivity index (χ4v) is 2.22. The molecule has 4 rings (SSSR count). The van der Waals surface area contributed by atoms with Crippen molar-refractivity contribution < 1.29 is 9.21 Å². The quantitative estimate of drug-likeness (QED) is 0.572. The van der Waals surface area contributed by atoms with Crippen molar-refractivity contribution in [3.8, 4) is 0 Å². The lowest BCUT2D eigenvalue weighted by Crippen LogP contribution is -2.14. The van der Waals surface area contributed by atoms with Crippen molar-refractivity contribution in [3.63, 3.8) is 0 Å². The van der Waals surface area contributed by atoms with Crippen LogP contribution < -0.4 is 11.1 Å². The molecule has 0 radical (unpaired) electrons. The molecule has 9 nitrogen and oxygen atoms in total. The fraction of sp³-hybridized carbons (Fsp3) is 0.0714. The Balaban J connectivity index is 1.67. The van der Waals surface area contributed by atoms with Crippen molar-refractivity contribution in [2.24, 2.45) is 0 Å². The summed E-state index contributed by atoms with van der Waals surface area (Å²) in [6.07, 6.45) is 1.60. The molecule has 23 heavy (non-hydrogen) atoms. The van der Waals surface area contributed by atoms with Crippen LogP contribution in [0.25, 0.3) is 16.9 Å². The summed E-state index contributed by atoms with van der Waals surface area (Å²) in [5.41, 5.74) is 2.22. The molecule has 0 unspecified atom stereocenters. The zero-order valence-corrected chi connectivity index (χ0v) is 11.9. The van der Waals surface area contributed by atoms with Crippen molar-refractivity contribution in [1.29, 1.82) is 0 Å². The van der Waals surface area contributed by atoms with Gasteiger partial charge < -0.3 is 9.73 Å². The molecule has 3 heterocycles. The summed E-state index contributed by atoms with van der Waals surface area (Å²) in [5.74, 6) is -0.663. The minimum Gasteiger partial charge on any atom is -0.408 e. The molecule has 0 atom stereocenters. The smallest absolute Gasteiger partial charge is 0.408 e. The lowest BCUT2D eigenvalue weighted by Gasteiger charge is -2.01. The molecule has 4 aromatic rings. The number of aryl methyl sites for hydroxylation is 1. The maximum atomic E-state index is 12.3. The van der Waals surface area contributed by atoms with E-state index in [4.69, 9.17) is 4.42 Å². The monoisotopic (exact) mass is 310 g/mol. The molecule has 1 amide bonds. The number of aromatic amines is 1. The Morgan fingerprint density at radius 2 is 2.22 bits per heavy atom. The molecule has 0 bridgehead atoms. The van der Waals surface area contributed by atoms with Gasteiger partial charge >= 0.3 is 5.76 Å². The Kier molecular flexibility index (Phi) is 2.73. The van der Waals surface area contributed by atoms with Gasteiger partial charge in [-0.3, -0.25) is 9.78 Å². The number of fused-ring (bicyclic) bond motifs is 2. The van der Waals surface area contributed by atoms with Gasteiger partial charge in [0.05, 0.1) is 5.52 Å². The van der Waals surface area contributed by atoms with E-state index in [1.807, 2.05) is 6.92 Å². The minimum atomic E-state index is -0.549. The van der Waals surface area contributed by atoms with Gasteiger partial charge in [0, 0.05) is 17.6 Å². The van der Waals surface area contributed by atoms with Crippen molar-refractivity contribution in [3.05, 3.63) is 52.5 Å². The van der Waals surface area contributed by atoms with Crippen LogP contribution >= 0.6 is 0 Å². The Hall–Kier alpha value is -3.49. The highest BCUT2D eigenvalue weighted by atomic mass is 16.4. The van der Waals surface area contributed by atoms with Crippen LogP contribution in [0.2, 0.25) is 0 Å². The third kappa shape index (κ3) is 2.24. The number of nitrogens with one attached hydrogen (secondary N) is 2. The van der Waals surface area contributed by atoms with Gasteiger partial charge in [0.15, 0.2) is 5.58 Å². The number of H-pyrrole nitrogens is 1. The highest BCUT2D eigenvalue weighted by Gasteiger charge is 2.15. The molecule has 0 aliphatic carbocycles. The molecule has 1 aromatic carbocycles. The normalized spacial score (nSPS) is 11.2. The van der Waals surface area contributed by atoms with Gasteiger partial charge in [0.25, 0.3) is 11.7 Å². The van der Waals surface area contributed by atoms with Gasteiger partial charge in [-0.1, -0.05) is 0 Å². The van der Waals surface area contributed by atoms with Crippen molar-refractivity contribution in [1.82, 2.24) is 24.6 Å². The Morgan fingerprint density at radius 1 is 1.35 bits per heavy atom. The third-order valence-corrected chi connectivity index (χ3v) is 3.31. The minimum absolute atomic E-state index is 0.00702. The Bertz CT molecular complexity index is 1110. The third-order valence-electron chi connectivity index (χ3n) is 3.31. The topological polar surface area (TPSA) is 118 Å². The lowest BCUT2D eigenvalue weighted by molar-refractivity contribution is 0.101. The van der Waals surface area contributed by atoms with Crippen LogP contribution in [-0.4, -0.2) is 30.5 Å². The van der Waals surface area contributed by atoms with E-state index in [1.54, 1.807) is 30.5 Å². The van der Waals surface area contributed by atoms with Gasteiger partial charge in [0.1, 0.15) is 0 Å². The second-order valence-electron chi connectivity index (χ2n) is 4.91. The van der Waals surface area contributed by atoms with E-state index in [9.17, 15) is 9.59 Å². The van der Waals surface area contributed by atoms with Crippen LogP contribution in [0.15, 0.2) is 39.7 Å². The summed E-state index contributed by atoms with van der Waals surface area (Å²) in [6, 6.07) is 6.58. The van der Waals surface area contributed by atoms with Crippen molar-refractivity contribution in [2.75, 3.05) is 5.32 Å². The highest BCUT2D eigenvalue weighted by molar-refractivity contribution is 6.02. The van der Waals surface area contributed by atoms with Crippen LogP contribution in [0.4, 0.5) is 5.69 Å². The van der Waals surface area contributed by atoms with Crippen LogP contribution in [-0.2, 0) is 0 Å². The Labute approximate surface area is 128 Å². The number of oxazole rings is 1. The van der Waals surface area contributed by atoms with E-state index in [-0.39, 0.29) is 5.82 Å². The molecule has 114 valence electrons. The first-order chi connectivity index (χ1) is 11.1. The number of carbonyl (C=O) groups is 1. The van der Waals surface area contributed by atoms with Gasteiger partial charge in [-0.15, -0.1) is 5.10 Å². The number of anilines is 1. The van der Waals surface area contributed by atoms with E-state index in [0.717, 1.165) is 5.69 Å². The summed E-state index contributed by atoms with van der Waals surface area (Å²) in [7, 11) is 0. The number of aromatic nitrogens is 5. The van der Waals surface area contributed by atoms with Crippen LogP contribution in [0.3, 0.4) is 0 Å². The SMILES string of the molecule is Cc1ccnc2nc(C(=O)Nc3ccc4oc(=O)[nH]c4c3)nn12. The molecular weight excluding hydrogens is 300 g/mol. The zero-order chi connectivity index (χ0) is 16.0. The zero-order valence-electron chi connectivity index (χ0n) is 11.9. The molecule has 9 heteroatoms. The van der Waals surface area contributed by atoms with E-state index in [1.165, 1.54) is 4.52 Å². The molecule has 0 fully saturated rings. The molecule has 0 saturated heterocycles. The number of benzene rings is 1. The fourth-order valence-electron chi connectivity index (χ4n) is 2.22. The van der Waals surface area contributed by atoms with Gasteiger partial charge in [0.2, 0.25) is 5.82 Å². The maximum absolute atomic E-state index is 12.3. The van der Waals surface area contributed by atoms with Crippen molar-refractivity contribution >= 4 is 28.5 Å².